The van der Waals surface area contributed by atoms with Crippen LogP contribution in [-0.4, -0.2) is 11.7 Å². The maximum atomic E-state index is 9.33. The maximum Gasteiger partial charge on any atom is 0.122 e. The van der Waals surface area contributed by atoms with Crippen LogP contribution in [0.4, 0.5) is 0 Å². The standard InChI is InChI=1S/C10H13NO/c11-8-4-3-6-9-5-1-2-7-10(9)12/h1-3,5-7,12H,4,8,11H2. The minimum absolute atomic E-state index is 0.311. The summed E-state index contributed by atoms with van der Waals surface area (Å²) in [6, 6.07) is 7.22. The van der Waals surface area contributed by atoms with E-state index in [4.69, 9.17) is 5.73 Å². The summed E-state index contributed by atoms with van der Waals surface area (Å²) in [5, 5.41) is 9.33. The molecule has 2 nitrogen and oxygen atoms in total. The highest BCUT2D eigenvalue weighted by atomic mass is 16.3. The Hall–Kier alpha value is -1.28. The molecule has 0 amide bonds. The van der Waals surface area contributed by atoms with Crippen molar-refractivity contribution in [3.05, 3.63) is 35.9 Å². The average Bonchev–Trinajstić information content (AvgIpc) is 2.09. The van der Waals surface area contributed by atoms with Crippen molar-refractivity contribution in [2.45, 2.75) is 6.42 Å². The van der Waals surface area contributed by atoms with Crippen molar-refractivity contribution >= 4 is 6.08 Å². The lowest BCUT2D eigenvalue weighted by atomic mass is 10.2. The molecule has 1 aromatic rings. The maximum absolute atomic E-state index is 9.33. The van der Waals surface area contributed by atoms with E-state index >= 15 is 0 Å². The van der Waals surface area contributed by atoms with Gasteiger partial charge in [-0.05, 0) is 19.0 Å². The molecular formula is C10H13NO. The van der Waals surface area contributed by atoms with Gasteiger partial charge in [0.1, 0.15) is 5.75 Å². The van der Waals surface area contributed by atoms with E-state index in [2.05, 4.69) is 0 Å². The minimum atomic E-state index is 0.311. The molecule has 2 heteroatoms. The van der Waals surface area contributed by atoms with Gasteiger partial charge in [0.15, 0.2) is 0 Å². The fourth-order valence-corrected chi connectivity index (χ4v) is 0.935. The van der Waals surface area contributed by atoms with E-state index < -0.39 is 0 Å². The van der Waals surface area contributed by atoms with Crippen molar-refractivity contribution < 1.29 is 5.11 Å². The Kier molecular flexibility index (Phi) is 3.35. The lowest BCUT2D eigenvalue weighted by molar-refractivity contribution is 0.474. The smallest absolute Gasteiger partial charge is 0.122 e. The molecule has 0 heterocycles. The average molecular weight is 163 g/mol. The quantitative estimate of drug-likeness (QED) is 0.713. The predicted molar refractivity (Wildman–Crippen MR) is 50.8 cm³/mol. The molecule has 0 spiro atoms. The summed E-state index contributed by atoms with van der Waals surface area (Å²) in [5.41, 5.74) is 6.16. The monoisotopic (exact) mass is 163 g/mol. The number of hydrogen-bond donors (Lipinski definition) is 2. The van der Waals surface area contributed by atoms with Crippen LogP contribution in [0.1, 0.15) is 12.0 Å². The van der Waals surface area contributed by atoms with Gasteiger partial charge in [-0.25, -0.2) is 0 Å². The van der Waals surface area contributed by atoms with Crippen molar-refractivity contribution in [2.24, 2.45) is 5.73 Å². The van der Waals surface area contributed by atoms with Crippen molar-refractivity contribution in [3.8, 4) is 5.75 Å². The first-order valence-corrected chi connectivity index (χ1v) is 3.99. The van der Waals surface area contributed by atoms with E-state index in [9.17, 15) is 5.11 Å². The van der Waals surface area contributed by atoms with Crippen LogP contribution >= 0.6 is 0 Å². The Labute approximate surface area is 72.3 Å². The number of para-hydroxylation sites is 1. The minimum Gasteiger partial charge on any atom is -0.507 e. The van der Waals surface area contributed by atoms with Crippen LogP contribution in [0.2, 0.25) is 0 Å². The second kappa shape index (κ2) is 4.57. The van der Waals surface area contributed by atoms with Crippen LogP contribution < -0.4 is 5.73 Å². The number of phenols is 1. The van der Waals surface area contributed by atoms with Crippen LogP contribution in [0.5, 0.6) is 5.75 Å². The molecule has 0 atom stereocenters. The molecular weight excluding hydrogens is 150 g/mol. The van der Waals surface area contributed by atoms with Crippen molar-refractivity contribution in [2.75, 3.05) is 6.54 Å². The fraction of sp³-hybridized carbons (Fsp3) is 0.200. The van der Waals surface area contributed by atoms with Gasteiger partial charge in [-0.1, -0.05) is 30.4 Å². The number of rotatable bonds is 3. The molecule has 64 valence electrons. The van der Waals surface area contributed by atoms with Gasteiger partial charge in [0.2, 0.25) is 0 Å². The predicted octanol–water partition coefficient (Wildman–Crippen LogP) is 1.75. The highest BCUT2D eigenvalue weighted by Crippen LogP contribution is 2.16. The van der Waals surface area contributed by atoms with Gasteiger partial charge >= 0.3 is 0 Å². The molecule has 3 N–H and O–H groups in total. The van der Waals surface area contributed by atoms with Crippen LogP contribution in [0.15, 0.2) is 30.3 Å². The first-order chi connectivity index (χ1) is 5.84. The highest BCUT2D eigenvalue weighted by Gasteiger charge is 1.91. The van der Waals surface area contributed by atoms with Crippen LogP contribution in [0.25, 0.3) is 6.08 Å². The number of aromatic hydroxyl groups is 1. The van der Waals surface area contributed by atoms with E-state index in [1.165, 1.54) is 0 Å². The molecule has 0 radical (unpaired) electrons. The van der Waals surface area contributed by atoms with E-state index in [1.807, 2.05) is 24.3 Å². The highest BCUT2D eigenvalue weighted by molar-refractivity contribution is 5.56. The van der Waals surface area contributed by atoms with Crippen LogP contribution in [0.3, 0.4) is 0 Å². The molecule has 12 heavy (non-hydrogen) atoms. The number of nitrogens with two attached hydrogens (primary N) is 1. The second-order valence-electron chi connectivity index (χ2n) is 2.54. The molecule has 0 saturated heterocycles. The summed E-state index contributed by atoms with van der Waals surface area (Å²) in [4.78, 5) is 0. The first kappa shape index (κ1) is 8.81. The summed E-state index contributed by atoms with van der Waals surface area (Å²) in [7, 11) is 0. The molecule has 0 aliphatic rings. The lowest BCUT2D eigenvalue weighted by Gasteiger charge is -1.96. The van der Waals surface area contributed by atoms with Gasteiger partial charge in [0.05, 0.1) is 0 Å². The molecule has 0 aliphatic carbocycles. The zero-order chi connectivity index (χ0) is 8.81. The van der Waals surface area contributed by atoms with Gasteiger partial charge in [-0.15, -0.1) is 0 Å². The van der Waals surface area contributed by atoms with E-state index in [-0.39, 0.29) is 0 Å². The summed E-state index contributed by atoms with van der Waals surface area (Å²) >= 11 is 0. The molecule has 1 rings (SSSR count). The molecule has 0 unspecified atom stereocenters. The van der Waals surface area contributed by atoms with Gasteiger partial charge in [0, 0.05) is 5.56 Å². The van der Waals surface area contributed by atoms with E-state index in [0.29, 0.717) is 12.3 Å². The van der Waals surface area contributed by atoms with Crippen molar-refractivity contribution in [1.82, 2.24) is 0 Å². The van der Waals surface area contributed by atoms with Gasteiger partial charge < -0.3 is 10.8 Å². The topological polar surface area (TPSA) is 46.2 Å². The third kappa shape index (κ3) is 2.40. The normalized spacial score (nSPS) is 10.8. The van der Waals surface area contributed by atoms with E-state index in [1.54, 1.807) is 12.1 Å². The first-order valence-electron chi connectivity index (χ1n) is 3.99. The Morgan fingerprint density at radius 3 is 2.75 bits per heavy atom. The van der Waals surface area contributed by atoms with Gasteiger partial charge in [0.25, 0.3) is 0 Å². The number of phenolic OH excluding ortho intramolecular Hbond substituents is 1. The summed E-state index contributed by atoms with van der Waals surface area (Å²) in [5.74, 6) is 0.311. The molecule has 0 aliphatic heterocycles. The summed E-state index contributed by atoms with van der Waals surface area (Å²) in [6.07, 6.45) is 4.67. The molecule has 0 bridgehead atoms. The third-order valence-corrected chi connectivity index (χ3v) is 1.57. The molecule has 0 saturated carbocycles. The SMILES string of the molecule is NCCC=Cc1ccccc1O. The summed E-state index contributed by atoms with van der Waals surface area (Å²) < 4.78 is 0. The van der Waals surface area contributed by atoms with Crippen LogP contribution in [-0.2, 0) is 0 Å². The molecule has 0 fully saturated rings. The fourth-order valence-electron chi connectivity index (χ4n) is 0.935. The molecule has 0 aromatic heterocycles. The van der Waals surface area contributed by atoms with E-state index in [0.717, 1.165) is 12.0 Å². The Bertz CT molecular complexity index is 268. The van der Waals surface area contributed by atoms with Gasteiger partial charge in [-0.3, -0.25) is 0 Å². The Morgan fingerprint density at radius 2 is 2.08 bits per heavy atom. The number of benzene rings is 1. The number of hydrogen-bond acceptors (Lipinski definition) is 2. The van der Waals surface area contributed by atoms with Crippen molar-refractivity contribution in [3.63, 3.8) is 0 Å². The van der Waals surface area contributed by atoms with Crippen LogP contribution in [0, 0.1) is 0 Å². The van der Waals surface area contributed by atoms with Gasteiger partial charge in [-0.2, -0.15) is 0 Å². The summed E-state index contributed by atoms with van der Waals surface area (Å²) in [6.45, 7) is 0.643. The zero-order valence-electron chi connectivity index (χ0n) is 6.90. The Balaban J connectivity index is 2.68. The largest absolute Gasteiger partial charge is 0.507 e. The Morgan fingerprint density at radius 1 is 1.33 bits per heavy atom. The zero-order valence-corrected chi connectivity index (χ0v) is 6.90. The lowest BCUT2D eigenvalue weighted by Crippen LogP contribution is -1.94. The molecule has 1 aromatic carbocycles. The second-order valence-corrected chi connectivity index (χ2v) is 2.54. The third-order valence-electron chi connectivity index (χ3n) is 1.57. The van der Waals surface area contributed by atoms with Crippen molar-refractivity contribution in [1.29, 1.82) is 0 Å².